The van der Waals surface area contributed by atoms with Crippen LogP contribution in [0.5, 0.6) is 0 Å². The second-order valence-corrected chi connectivity index (χ2v) is 5.65. The van der Waals surface area contributed by atoms with Crippen LogP contribution < -0.4 is 5.32 Å². The molecule has 21 heavy (non-hydrogen) atoms. The molecule has 0 radical (unpaired) electrons. The van der Waals surface area contributed by atoms with E-state index in [1.54, 1.807) is 4.90 Å². The minimum Gasteiger partial charge on any atom is -0.386 e. The minimum atomic E-state index is -0.733. The topological polar surface area (TPSA) is 75.5 Å². The molecule has 7 heteroatoms. The lowest BCUT2D eigenvalue weighted by atomic mass is 10.1. The van der Waals surface area contributed by atoms with E-state index in [1.807, 2.05) is 0 Å². The van der Waals surface area contributed by atoms with E-state index in [4.69, 9.17) is 0 Å². The van der Waals surface area contributed by atoms with Gasteiger partial charge >= 0.3 is 0 Å². The van der Waals surface area contributed by atoms with Gasteiger partial charge < -0.3 is 10.2 Å². The Bertz CT molecular complexity index is 620. The Hall–Kier alpha value is -2.18. The zero-order chi connectivity index (χ0) is 15.1. The highest BCUT2D eigenvalue weighted by molar-refractivity contribution is 5.99. The van der Waals surface area contributed by atoms with Crippen molar-refractivity contribution in [3.05, 3.63) is 33.6 Å². The predicted octanol–water partition coefficient (Wildman–Crippen LogP) is 2.40. The number of benzene rings is 1. The molecule has 2 bridgehead atoms. The molecule has 0 spiro atoms. The van der Waals surface area contributed by atoms with Crippen molar-refractivity contribution in [1.29, 1.82) is 0 Å². The summed E-state index contributed by atoms with van der Waals surface area (Å²) < 4.78 is 13.7. The molecule has 112 valence electrons. The first-order valence-electron chi connectivity index (χ1n) is 6.98. The lowest BCUT2D eigenvalue weighted by Gasteiger charge is -2.27. The van der Waals surface area contributed by atoms with Crippen LogP contribution in [0.2, 0.25) is 0 Å². The van der Waals surface area contributed by atoms with E-state index < -0.39 is 16.4 Å². The molecular formula is C14H16FN3O3. The fourth-order valence-electron chi connectivity index (χ4n) is 3.40. The predicted molar refractivity (Wildman–Crippen MR) is 74.8 cm³/mol. The van der Waals surface area contributed by atoms with Gasteiger partial charge in [0.25, 0.3) is 11.6 Å². The molecule has 0 aromatic heterocycles. The molecule has 6 nitrogen and oxygen atoms in total. The van der Waals surface area contributed by atoms with Crippen molar-refractivity contribution in [2.24, 2.45) is 5.92 Å². The summed E-state index contributed by atoms with van der Waals surface area (Å²) in [6, 6.07) is 2.22. The molecule has 2 fully saturated rings. The first-order valence-corrected chi connectivity index (χ1v) is 6.98. The van der Waals surface area contributed by atoms with Gasteiger partial charge in [0.2, 0.25) is 0 Å². The van der Waals surface area contributed by atoms with Gasteiger partial charge in [-0.05, 0) is 31.2 Å². The van der Waals surface area contributed by atoms with Gasteiger partial charge in [-0.3, -0.25) is 14.9 Å². The Morgan fingerprint density at radius 2 is 2.24 bits per heavy atom. The van der Waals surface area contributed by atoms with Crippen molar-refractivity contribution in [1.82, 2.24) is 4.90 Å². The molecule has 2 atom stereocenters. The van der Waals surface area contributed by atoms with Crippen LogP contribution in [0.25, 0.3) is 0 Å². The number of fused-ring (bicyclic) bond motifs is 2. The maximum Gasteiger partial charge on any atom is 0.285 e. The Labute approximate surface area is 121 Å². The number of carbonyl (C=O) groups excluding carboxylic acids is 1. The molecule has 1 amide bonds. The average Bonchev–Trinajstić information content (AvgIpc) is 3.08. The van der Waals surface area contributed by atoms with Crippen LogP contribution in [-0.4, -0.2) is 35.4 Å². The summed E-state index contributed by atoms with van der Waals surface area (Å²) in [5.74, 6) is -0.601. The van der Waals surface area contributed by atoms with Gasteiger partial charge in [0, 0.05) is 19.6 Å². The van der Waals surface area contributed by atoms with Crippen LogP contribution in [0.3, 0.4) is 0 Å². The lowest BCUT2D eigenvalue weighted by Crippen LogP contribution is -2.38. The van der Waals surface area contributed by atoms with E-state index in [-0.39, 0.29) is 23.2 Å². The molecule has 1 aromatic rings. The van der Waals surface area contributed by atoms with E-state index >= 15 is 0 Å². The van der Waals surface area contributed by atoms with Crippen molar-refractivity contribution in [3.8, 4) is 0 Å². The first-order chi connectivity index (χ1) is 10.0. The standard InChI is InChI=1S/C14H16FN3O3/c1-16-12-5-10(13(18(20)21)6-11(12)15)14(19)17-7-8-2-3-9(17)4-8/h5-6,8-9,16H,2-4,7H2,1H3. The fraction of sp³-hybridized carbons (Fsp3) is 0.500. The third kappa shape index (κ3) is 2.22. The van der Waals surface area contributed by atoms with Gasteiger partial charge in [0.1, 0.15) is 5.56 Å². The number of hydrogen-bond acceptors (Lipinski definition) is 4. The maximum atomic E-state index is 13.7. The summed E-state index contributed by atoms with van der Waals surface area (Å²) in [7, 11) is 1.51. The molecule has 1 saturated carbocycles. The molecule has 1 heterocycles. The summed E-state index contributed by atoms with van der Waals surface area (Å²) in [6.07, 6.45) is 3.03. The van der Waals surface area contributed by atoms with Crippen LogP contribution >= 0.6 is 0 Å². The number of anilines is 1. The third-order valence-corrected chi connectivity index (χ3v) is 4.45. The number of likely N-dealkylation sites (tertiary alicyclic amines) is 1. The van der Waals surface area contributed by atoms with Crippen LogP contribution in [0.15, 0.2) is 12.1 Å². The molecule has 1 aromatic carbocycles. The summed E-state index contributed by atoms with van der Waals surface area (Å²) in [4.78, 5) is 24.7. The number of nitro groups is 1. The lowest BCUT2D eigenvalue weighted by molar-refractivity contribution is -0.385. The molecule has 1 N–H and O–H groups in total. The number of piperidine rings is 1. The summed E-state index contributed by atoms with van der Waals surface area (Å²) in [5.41, 5.74) is -0.425. The van der Waals surface area contributed by atoms with Crippen molar-refractivity contribution in [3.63, 3.8) is 0 Å². The third-order valence-electron chi connectivity index (χ3n) is 4.45. The van der Waals surface area contributed by atoms with Crippen molar-refractivity contribution >= 4 is 17.3 Å². The first kappa shape index (κ1) is 13.8. The highest BCUT2D eigenvalue weighted by Crippen LogP contribution is 2.39. The molecular weight excluding hydrogens is 277 g/mol. The van der Waals surface area contributed by atoms with Gasteiger partial charge in [-0.25, -0.2) is 4.39 Å². The zero-order valence-corrected chi connectivity index (χ0v) is 11.6. The number of amides is 1. The highest BCUT2D eigenvalue weighted by Gasteiger charge is 2.42. The molecule has 2 unspecified atom stereocenters. The van der Waals surface area contributed by atoms with Crippen LogP contribution in [0.1, 0.15) is 29.6 Å². The normalized spacial score (nSPS) is 23.4. The van der Waals surface area contributed by atoms with Crippen molar-refractivity contribution < 1.29 is 14.1 Å². The summed E-state index contributed by atoms with van der Waals surface area (Å²) in [5, 5.41) is 13.7. The second kappa shape index (κ2) is 4.98. The van der Waals surface area contributed by atoms with Gasteiger partial charge in [-0.2, -0.15) is 0 Å². The van der Waals surface area contributed by atoms with Crippen molar-refractivity contribution in [2.75, 3.05) is 18.9 Å². The minimum absolute atomic E-state index is 0.0432. The number of rotatable bonds is 3. The molecule has 1 aliphatic carbocycles. The highest BCUT2D eigenvalue weighted by atomic mass is 19.1. The monoisotopic (exact) mass is 293 g/mol. The van der Waals surface area contributed by atoms with E-state index in [9.17, 15) is 19.3 Å². The van der Waals surface area contributed by atoms with Gasteiger partial charge in [-0.15, -0.1) is 0 Å². The molecule has 1 aliphatic heterocycles. The van der Waals surface area contributed by atoms with E-state index in [0.717, 1.165) is 25.3 Å². The van der Waals surface area contributed by atoms with Gasteiger partial charge in [0.05, 0.1) is 16.7 Å². The SMILES string of the molecule is CNc1cc(C(=O)N2CC3CCC2C3)c([N+](=O)[O-])cc1F. The number of halogens is 1. The summed E-state index contributed by atoms with van der Waals surface area (Å²) >= 11 is 0. The Morgan fingerprint density at radius 3 is 2.76 bits per heavy atom. The second-order valence-electron chi connectivity index (χ2n) is 5.65. The van der Waals surface area contributed by atoms with Gasteiger partial charge in [0.15, 0.2) is 5.82 Å². The Balaban J connectivity index is 2.00. The Kier molecular flexibility index (Phi) is 3.27. The zero-order valence-electron chi connectivity index (χ0n) is 11.6. The van der Waals surface area contributed by atoms with Crippen LogP contribution in [-0.2, 0) is 0 Å². The number of nitrogens with one attached hydrogen (secondary N) is 1. The average molecular weight is 293 g/mol. The largest absolute Gasteiger partial charge is 0.386 e. The van der Waals surface area contributed by atoms with E-state index in [2.05, 4.69) is 5.32 Å². The van der Waals surface area contributed by atoms with E-state index in [0.29, 0.717) is 12.5 Å². The molecule has 3 rings (SSSR count). The van der Waals surface area contributed by atoms with Crippen molar-refractivity contribution in [2.45, 2.75) is 25.3 Å². The van der Waals surface area contributed by atoms with E-state index in [1.165, 1.54) is 13.1 Å². The molecule has 1 saturated heterocycles. The van der Waals surface area contributed by atoms with Crippen LogP contribution in [0, 0.1) is 21.8 Å². The fourth-order valence-corrected chi connectivity index (χ4v) is 3.40. The number of carbonyl (C=O) groups is 1. The molecule has 2 aliphatic rings. The van der Waals surface area contributed by atoms with Gasteiger partial charge in [-0.1, -0.05) is 0 Å². The Morgan fingerprint density at radius 1 is 1.48 bits per heavy atom. The maximum absolute atomic E-state index is 13.7. The summed E-state index contributed by atoms with van der Waals surface area (Å²) in [6.45, 7) is 0.646. The number of nitro benzene ring substituents is 1. The quantitative estimate of drug-likeness (QED) is 0.686. The van der Waals surface area contributed by atoms with Crippen LogP contribution in [0.4, 0.5) is 15.8 Å². The number of hydrogen-bond donors (Lipinski definition) is 1. The number of nitrogens with zero attached hydrogens (tertiary/aromatic N) is 2. The smallest absolute Gasteiger partial charge is 0.285 e.